The summed E-state index contributed by atoms with van der Waals surface area (Å²) < 4.78 is 22.1. The summed E-state index contributed by atoms with van der Waals surface area (Å²) in [7, 11) is 3.34. The maximum atomic E-state index is 14.5. The van der Waals surface area contributed by atoms with E-state index in [9.17, 15) is 38.4 Å². The molecule has 1 fully saturated rings. The van der Waals surface area contributed by atoms with Gasteiger partial charge in [0, 0.05) is 98.3 Å². The molecule has 9 rings (SSSR count). The molecule has 96 heavy (non-hydrogen) atoms. The highest BCUT2D eigenvalue weighted by molar-refractivity contribution is 6.00. The second kappa shape index (κ2) is 37.3. The van der Waals surface area contributed by atoms with Crippen molar-refractivity contribution in [3.63, 3.8) is 0 Å². The van der Waals surface area contributed by atoms with Crippen LogP contribution in [0.4, 0.5) is 17.1 Å². The summed E-state index contributed by atoms with van der Waals surface area (Å²) in [6.07, 6.45) is 15.9. The zero-order valence-corrected chi connectivity index (χ0v) is 55.8. The molecule has 5 aromatic rings. The van der Waals surface area contributed by atoms with Crippen molar-refractivity contribution >= 4 is 63.4 Å². The number of carbonyl (C=O) groups is 6. The van der Waals surface area contributed by atoms with E-state index >= 15 is 0 Å². The number of rotatable bonds is 42. The molecule has 3 aliphatic carbocycles. The molecule has 4 aliphatic rings. The van der Waals surface area contributed by atoms with Gasteiger partial charge in [-0.15, -0.1) is 0 Å². The molecule has 518 valence electrons. The topological polar surface area (TPSA) is 366 Å². The van der Waals surface area contributed by atoms with Gasteiger partial charge in [0.05, 0.1) is 56.6 Å². The van der Waals surface area contributed by atoms with Crippen molar-refractivity contribution in [1.29, 1.82) is 0 Å². The number of H-pyrrole nitrogens is 1. The predicted octanol–water partition coefficient (Wildman–Crippen LogP) is 8.68. The first-order valence-electron chi connectivity index (χ1n) is 34.3. The largest absolute Gasteiger partial charge is 0.419 e. The molecule has 25 nitrogen and oxygen atoms in total. The molecule has 4 aromatic carbocycles. The number of unbranched alkanes of at least 4 members (excludes halogenated alkanes) is 12. The van der Waals surface area contributed by atoms with Gasteiger partial charge in [0.2, 0.25) is 29.5 Å². The number of anilines is 3. The van der Waals surface area contributed by atoms with Gasteiger partial charge in [0.15, 0.2) is 0 Å². The van der Waals surface area contributed by atoms with E-state index in [1.807, 2.05) is 18.2 Å². The molecule has 10 N–H and O–H groups in total. The number of ether oxygens (including phenoxy) is 3. The lowest BCUT2D eigenvalue weighted by Gasteiger charge is -2.51. The molecule has 6 amide bonds. The zero-order valence-electron chi connectivity index (χ0n) is 55.8. The number of azide groups is 1. The van der Waals surface area contributed by atoms with Gasteiger partial charge in [-0.1, -0.05) is 81.1 Å². The number of nitrogens with one attached hydrogen (secondary N) is 4. The first-order chi connectivity index (χ1) is 46.6. The van der Waals surface area contributed by atoms with Gasteiger partial charge in [0.25, 0.3) is 5.91 Å². The maximum Gasteiger partial charge on any atom is 0.419 e. The second-order valence-electron chi connectivity index (χ2n) is 25.4. The van der Waals surface area contributed by atoms with E-state index in [2.05, 4.69) is 71.8 Å². The van der Waals surface area contributed by atoms with Gasteiger partial charge < -0.3 is 66.5 Å². The molecule has 1 aliphatic heterocycles. The normalized spacial score (nSPS) is 16.5. The Balaban J connectivity index is 0.882. The summed E-state index contributed by atoms with van der Waals surface area (Å²) in [5, 5.41) is 13.4. The number of nitrogens with two attached hydrogens (primary N) is 3. The van der Waals surface area contributed by atoms with E-state index in [-0.39, 0.29) is 117 Å². The molecule has 25 heteroatoms. The van der Waals surface area contributed by atoms with Gasteiger partial charge in [-0.25, -0.2) is 9.59 Å². The van der Waals surface area contributed by atoms with Crippen LogP contribution in [0.25, 0.3) is 21.3 Å². The maximum absolute atomic E-state index is 14.5. The summed E-state index contributed by atoms with van der Waals surface area (Å²) in [5.74, 6) is -2.47. The third-order valence-electron chi connectivity index (χ3n) is 18.5. The van der Waals surface area contributed by atoms with Gasteiger partial charge in [-0.05, 0) is 165 Å². The second-order valence-corrected chi connectivity index (χ2v) is 25.4. The number of hydrogen-bond acceptors (Lipinski definition) is 16. The Morgan fingerprint density at radius 1 is 0.604 bits per heavy atom. The minimum absolute atomic E-state index is 0.0110. The van der Waals surface area contributed by atoms with Crippen LogP contribution in [-0.2, 0) is 43.6 Å². The third-order valence-corrected chi connectivity index (χ3v) is 18.5. The van der Waals surface area contributed by atoms with Crippen LogP contribution >= 0.6 is 0 Å². The number of likely N-dealkylation sites (tertiary alicyclic amines) is 1. The number of benzene rings is 4. The molecule has 2 atom stereocenters. The average molecular weight is 1320 g/mol. The Bertz CT molecular complexity index is 3560. The number of nitrogens with zero attached hydrogens (tertiary/aromatic N) is 6. The van der Waals surface area contributed by atoms with E-state index in [1.54, 1.807) is 19.0 Å². The molecular weight excluding hydrogens is 1230 g/mol. The van der Waals surface area contributed by atoms with Crippen molar-refractivity contribution in [2.75, 3.05) is 109 Å². The lowest BCUT2D eigenvalue weighted by Crippen LogP contribution is -2.47. The summed E-state index contributed by atoms with van der Waals surface area (Å²) in [5.41, 5.74) is 32.7. The average Bonchev–Trinajstić information content (AvgIpc) is 0.707. The van der Waals surface area contributed by atoms with Crippen LogP contribution in [0, 0.1) is 0 Å². The lowest BCUT2D eigenvalue weighted by atomic mass is 9.51. The monoisotopic (exact) mass is 1320 g/mol. The summed E-state index contributed by atoms with van der Waals surface area (Å²) in [6.45, 7) is 3.86. The molecule has 0 spiro atoms. The molecule has 2 bridgehead atoms. The first kappa shape index (κ1) is 73.5. The fourth-order valence-electron chi connectivity index (χ4n) is 13.4. The number of aromatic nitrogens is 1. The number of hydrogen-bond donors (Lipinski definition) is 7. The fraction of sp³-hybridized carbons (Fsp3) is 0.549. The highest BCUT2D eigenvalue weighted by Gasteiger charge is 2.52. The summed E-state index contributed by atoms with van der Waals surface area (Å²) in [6, 6.07) is 20.8. The van der Waals surface area contributed by atoms with E-state index < -0.39 is 34.8 Å². The Hall–Kier alpha value is -8.29. The zero-order chi connectivity index (χ0) is 68.4. The lowest BCUT2D eigenvalue weighted by molar-refractivity contribution is -0.134. The quantitative estimate of drug-likeness (QED) is 0.00831. The standard InChI is InChI=1S/C71H97N13O12/c1-82(34-36-93-38-40-95-41-39-94-37-35-83(2)68(90)61-46-52(80-81-75)47-84(61)67(89)48-21-25-55-60(42-48)79-70(92)96-69(55)91)65(88)29-30-71-57-28-24-49(76-62(85)18-12-6-3-9-15-31-72)43-56(57)66(53-26-22-50(44-58(53)71)77-63(86)19-13-7-4-10-16-32-73)54-27-23-51(45-59(54)71)78-64(87)20-14-8-5-11-17-33-74/h21-28,42-45,52,61,66H,3-20,29-41,46-47,72-74H2,1-2H3,(H,76,85)(H,77,86)(H,78,87)(H,79,92)/t52-,61-,66?,71?/m0/s1. The number of likely N-dealkylation sites (N-methyl/N-ethyl adjacent to an activating group) is 2. The van der Waals surface area contributed by atoms with Crippen molar-refractivity contribution in [2.45, 2.75) is 158 Å². The minimum atomic E-state index is -0.975. The summed E-state index contributed by atoms with van der Waals surface area (Å²) in [4.78, 5) is 116. The predicted molar refractivity (Wildman–Crippen MR) is 369 cm³/mol. The molecule has 1 aromatic heterocycles. The molecule has 0 radical (unpaired) electrons. The molecule has 0 saturated carbocycles. The molecule has 0 unspecified atom stereocenters. The highest BCUT2D eigenvalue weighted by Crippen LogP contribution is 2.62. The van der Waals surface area contributed by atoms with E-state index in [4.69, 9.17) is 36.9 Å². The van der Waals surface area contributed by atoms with E-state index in [1.165, 1.54) is 28.0 Å². The van der Waals surface area contributed by atoms with Crippen molar-refractivity contribution in [2.24, 2.45) is 22.3 Å². The van der Waals surface area contributed by atoms with Gasteiger partial charge in [-0.2, -0.15) is 0 Å². The third kappa shape index (κ3) is 19.7. The number of carbonyl (C=O) groups excluding carboxylic acids is 6. The molecule has 2 heterocycles. The van der Waals surface area contributed by atoms with Crippen LogP contribution in [0.1, 0.15) is 184 Å². The Morgan fingerprint density at radius 3 is 1.62 bits per heavy atom. The Morgan fingerprint density at radius 2 is 1.09 bits per heavy atom. The minimum Gasteiger partial charge on any atom is -0.377 e. The summed E-state index contributed by atoms with van der Waals surface area (Å²) >= 11 is 0. The van der Waals surface area contributed by atoms with Crippen molar-refractivity contribution < 1.29 is 47.4 Å². The van der Waals surface area contributed by atoms with E-state index in [0.29, 0.717) is 68.9 Å². The number of aromatic amines is 1. The SMILES string of the molecule is CN(CCOCCOCCOCCN(C)C(=O)[C@@H]1C[C@H](N=[N+]=[N-])CN1C(=O)c1ccc2c(=O)oc(=O)[nH]c2c1)C(=O)CCC12c3ccc(NC(=O)CCCCCCCN)cc3C(c3ccc(NC(=O)CCCCCCCN)cc31)c1ccc(NC(=O)CCCCCCCN)cc12. The van der Waals surface area contributed by atoms with Crippen molar-refractivity contribution in [3.8, 4) is 0 Å². The van der Waals surface area contributed by atoms with Crippen LogP contribution in [0.3, 0.4) is 0 Å². The van der Waals surface area contributed by atoms with Crippen LogP contribution in [0.5, 0.6) is 0 Å². The Labute approximate surface area is 560 Å². The van der Waals surface area contributed by atoms with Crippen LogP contribution in [0.2, 0.25) is 0 Å². The number of amides is 6. The van der Waals surface area contributed by atoms with Crippen molar-refractivity contribution in [1.82, 2.24) is 19.7 Å². The smallest absolute Gasteiger partial charge is 0.377 e. The first-order valence-corrected chi connectivity index (χ1v) is 34.3. The number of fused-ring (bicyclic) bond motifs is 1. The van der Waals surface area contributed by atoms with Crippen LogP contribution in [0.15, 0.2) is 91.9 Å². The van der Waals surface area contributed by atoms with Crippen LogP contribution in [-0.4, -0.2) is 160 Å². The van der Waals surface area contributed by atoms with Gasteiger partial charge in [0.1, 0.15) is 6.04 Å². The fourth-order valence-corrected chi connectivity index (χ4v) is 13.4. The van der Waals surface area contributed by atoms with E-state index in [0.717, 1.165) is 130 Å². The molecule has 1 saturated heterocycles. The van der Waals surface area contributed by atoms with Crippen molar-refractivity contribution in [3.05, 3.63) is 143 Å². The van der Waals surface area contributed by atoms with Crippen LogP contribution < -0.4 is 44.5 Å². The highest BCUT2D eigenvalue weighted by atomic mass is 16.5. The molecular formula is C71H97N13O12. The van der Waals surface area contributed by atoms with Gasteiger partial charge in [-0.3, -0.25) is 33.8 Å². The van der Waals surface area contributed by atoms with Gasteiger partial charge >= 0.3 is 11.4 Å². The Kier molecular flexibility index (Phi) is 28.6.